The van der Waals surface area contributed by atoms with Gasteiger partial charge in [0.05, 0.1) is 0 Å². The standard InChI is InChI=1S/C9H8.C6H6/c1-3-9-7-5-4-6-8(9)2;1-2-4-6-5-3-1/h1,4-7H,2H3;1-6H. The van der Waals surface area contributed by atoms with Crippen molar-refractivity contribution in [2.75, 3.05) is 0 Å². The van der Waals surface area contributed by atoms with Gasteiger partial charge in [0, 0.05) is 5.56 Å². The first-order valence-corrected chi connectivity index (χ1v) is 4.87. The van der Waals surface area contributed by atoms with Gasteiger partial charge in [0.15, 0.2) is 0 Å². The Morgan fingerprint density at radius 1 is 0.800 bits per heavy atom. The van der Waals surface area contributed by atoms with Crippen LogP contribution in [0.4, 0.5) is 0 Å². The van der Waals surface area contributed by atoms with Crippen molar-refractivity contribution >= 4 is 0 Å². The molecule has 0 atom stereocenters. The maximum Gasteiger partial charge on any atom is 0.0271 e. The number of benzene rings is 2. The molecule has 0 N–H and O–H groups in total. The van der Waals surface area contributed by atoms with Gasteiger partial charge in [-0.15, -0.1) is 6.42 Å². The molecule has 0 bridgehead atoms. The Morgan fingerprint density at radius 3 is 1.60 bits per heavy atom. The number of hydrogen-bond acceptors (Lipinski definition) is 0. The molecule has 0 saturated carbocycles. The normalized spacial score (nSPS) is 8.27. The summed E-state index contributed by atoms with van der Waals surface area (Å²) in [6, 6.07) is 19.9. The maximum atomic E-state index is 5.20. The lowest BCUT2D eigenvalue weighted by Gasteiger charge is -1.92. The fourth-order valence-corrected chi connectivity index (χ4v) is 1.12. The van der Waals surface area contributed by atoms with Crippen molar-refractivity contribution in [1.82, 2.24) is 0 Å². The zero-order valence-electron chi connectivity index (χ0n) is 8.85. The molecule has 2 rings (SSSR count). The minimum absolute atomic E-state index is 0.984. The summed E-state index contributed by atoms with van der Waals surface area (Å²) in [5.74, 6) is 2.60. The molecule has 0 aliphatic rings. The Balaban J connectivity index is 0.000000162. The van der Waals surface area contributed by atoms with Crippen LogP contribution in [0.25, 0.3) is 0 Å². The van der Waals surface area contributed by atoms with Crippen LogP contribution in [0.5, 0.6) is 0 Å². The van der Waals surface area contributed by atoms with Crippen molar-refractivity contribution in [3.63, 3.8) is 0 Å². The largest absolute Gasteiger partial charge is 0.115 e. The van der Waals surface area contributed by atoms with Crippen LogP contribution in [0.3, 0.4) is 0 Å². The summed E-state index contributed by atoms with van der Waals surface area (Å²) in [5, 5.41) is 0. The van der Waals surface area contributed by atoms with Crippen LogP contribution >= 0.6 is 0 Å². The van der Waals surface area contributed by atoms with Gasteiger partial charge in [0.25, 0.3) is 0 Å². The van der Waals surface area contributed by atoms with Gasteiger partial charge >= 0.3 is 0 Å². The highest BCUT2D eigenvalue weighted by molar-refractivity contribution is 5.38. The monoisotopic (exact) mass is 194 g/mol. The highest BCUT2D eigenvalue weighted by atomic mass is 13.9. The van der Waals surface area contributed by atoms with E-state index in [1.165, 1.54) is 5.56 Å². The molecule has 0 heterocycles. The molecule has 0 radical (unpaired) electrons. The van der Waals surface area contributed by atoms with Gasteiger partial charge in [-0.1, -0.05) is 60.5 Å². The first-order valence-electron chi connectivity index (χ1n) is 4.87. The van der Waals surface area contributed by atoms with E-state index in [4.69, 9.17) is 6.42 Å². The summed E-state index contributed by atoms with van der Waals surface area (Å²) in [7, 11) is 0. The minimum Gasteiger partial charge on any atom is -0.115 e. The third-order valence-corrected chi connectivity index (χ3v) is 1.97. The molecule has 0 fully saturated rings. The van der Waals surface area contributed by atoms with Gasteiger partial charge in [-0.05, 0) is 18.6 Å². The molecule has 2 aromatic rings. The van der Waals surface area contributed by atoms with Crippen LogP contribution in [-0.2, 0) is 0 Å². The predicted octanol–water partition coefficient (Wildman–Crippen LogP) is 3.66. The van der Waals surface area contributed by atoms with Crippen molar-refractivity contribution < 1.29 is 0 Å². The number of terminal acetylenes is 1. The van der Waals surface area contributed by atoms with Crippen molar-refractivity contribution in [1.29, 1.82) is 0 Å². The minimum atomic E-state index is 0.984. The molecule has 0 spiro atoms. The third kappa shape index (κ3) is 4.15. The average molecular weight is 194 g/mol. The topological polar surface area (TPSA) is 0 Å². The van der Waals surface area contributed by atoms with Crippen LogP contribution in [0, 0.1) is 19.3 Å². The third-order valence-electron chi connectivity index (χ3n) is 1.97. The Hall–Kier alpha value is -2.00. The highest BCUT2D eigenvalue weighted by Crippen LogP contribution is 2.03. The molecule has 0 amide bonds. The summed E-state index contributed by atoms with van der Waals surface area (Å²) in [6.45, 7) is 2.01. The van der Waals surface area contributed by atoms with Gasteiger partial charge in [-0.25, -0.2) is 0 Å². The Labute approximate surface area is 91.6 Å². The lowest BCUT2D eigenvalue weighted by atomic mass is 10.1. The van der Waals surface area contributed by atoms with Crippen molar-refractivity contribution in [3.8, 4) is 12.3 Å². The van der Waals surface area contributed by atoms with E-state index in [1.54, 1.807) is 0 Å². The fraction of sp³-hybridized carbons (Fsp3) is 0.0667. The average Bonchev–Trinajstić information content (AvgIpc) is 2.33. The van der Waals surface area contributed by atoms with E-state index in [9.17, 15) is 0 Å². The van der Waals surface area contributed by atoms with Crippen molar-refractivity contribution in [3.05, 3.63) is 71.8 Å². The van der Waals surface area contributed by atoms with Crippen LogP contribution in [0.2, 0.25) is 0 Å². The van der Waals surface area contributed by atoms with Crippen LogP contribution in [-0.4, -0.2) is 0 Å². The summed E-state index contributed by atoms with van der Waals surface area (Å²) in [4.78, 5) is 0. The summed E-state index contributed by atoms with van der Waals surface area (Å²) in [5.41, 5.74) is 2.15. The molecule has 2 aromatic carbocycles. The van der Waals surface area contributed by atoms with E-state index in [1.807, 2.05) is 67.6 Å². The molecule has 0 saturated heterocycles. The Morgan fingerprint density at radius 2 is 1.27 bits per heavy atom. The zero-order chi connectivity index (χ0) is 10.9. The van der Waals surface area contributed by atoms with Crippen molar-refractivity contribution in [2.24, 2.45) is 0 Å². The SMILES string of the molecule is C#Cc1ccccc1C.c1ccccc1. The van der Waals surface area contributed by atoms with E-state index in [-0.39, 0.29) is 0 Å². The summed E-state index contributed by atoms with van der Waals surface area (Å²) in [6.07, 6.45) is 5.20. The summed E-state index contributed by atoms with van der Waals surface area (Å²) >= 11 is 0. The molecule has 74 valence electrons. The van der Waals surface area contributed by atoms with Crippen LogP contribution in [0.1, 0.15) is 11.1 Å². The molecule has 0 aliphatic carbocycles. The number of aryl methyl sites for hydroxylation is 1. The Kier molecular flexibility index (Phi) is 4.77. The van der Waals surface area contributed by atoms with E-state index in [2.05, 4.69) is 5.92 Å². The Bertz CT molecular complexity index is 395. The van der Waals surface area contributed by atoms with E-state index >= 15 is 0 Å². The lowest BCUT2D eigenvalue weighted by Crippen LogP contribution is -1.77. The second-order valence-electron chi connectivity index (χ2n) is 3.11. The fourth-order valence-electron chi connectivity index (χ4n) is 1.12. The first-order chi connectivity index (χ1) is 7.34. The zero-order valence-corrected chi connectivity index (χ0v) is 8.85. The van der Waals surface area contributed by atoms with Crippen molar-refractivity contribution in [2.45, 2.75) is 6.92 Å². The van der Waals surface area contributed by atoms with Crippen LogP contribution < -0.4 is 0 Å². The van der Waals surface area contributed by atoms with Gasteiger partial charge in [-0.3, -0.25) is 0 Å². The smallest absolute Gasteiger partial charge is 0.0271 e. The molecule has 0 aliphatic heterocycles. The number of rotatable bonds is 0. The second-order valence-corrected chi connectivity index (χ2v) is 3.11. The van der Waals surface area contributed by atoms with Gasteiger partial charge in [0.2, 0.25) is 0 Å². The van der Waals surface area contributed by atoms with Gasteiger partial charge < -0.3 is 0 Å². The highest BCUT2D eigenvalue weighted by Gasteiger charge is 1.87. The maximum absolute atomic E-state index is 5.20. The molecule has 0 nitrogen and oxygen atoms in total. The van der Waals surface area contributed by atoms with Gasteiger partial charge in [0.1, 0.15) is 0 Å². The summed E-state index contributed by atoms with van der Waals surface area (Å²) < 4.78 is 0. The quantitative estimate of drug-likeness (QED) is 0.561. The first kappa shape index (κ1) is 11.1. The number of hydrogen-bond donors (Lipinski definition) is 0. The van der Waals surface area contributed by atoms with Crippen LogP contribution in [0.15, 0.2) is 60.7 Å². The van der Waals surface area contributed by atoms with E-state index in [0.717, 1.165) is 5.56 Å². The molecule has 15 heavy (non-hydrogen) atoms. The van der Waals surface area contributed by atoms with Gasteiger partial charge in [-0.2, -0.15) is 0 Å². The second kappa shape index (κ2) is 6.45. The molecular formula is C15H14. The van der Waals surface area contributed by atoms with E-state index < -0.39 is 0 Å². The van der Waals surface area contributed by atoms with E-state index in [0.29, 0.717) is 0 Å². The molecule has 0 unspecified atom stereocenters. The molecular weight excluding hydrogens is 180 g/mol. The molecule has 0 aromatic heterocycles. The predicted molar refractivity (Wildman–Crippen MR) is 65.6 cm³/mol. The molecule has 0 heteroatoms. The lowest BCUT2D eigenvalue weighted by molar-refractivity contribution is 1.44.